The predicted molar refractivity (Wildman–Crippen MR) is 77.3 cm³/mol. The van der Waals surface area contributed by atoms with E-state index in [0.717, 1.165) is 9.35 Å². The number of thiophene rings is 1. The Morgan fingerprint density at radius 3 is 2.65 bits per heavy atom. The molecule has 0 atom stereocenters. The summed E-state index contributed by atoms with van der Waals surface area (Å²) in [6.07, 6.45) is -4.34. The zero-order chi connectivity index (χ0) is 14.6. The maximum Gasteiger partial charge on any atom is 0.422 e. The van der Waals surface area contributed by atoms with Crippen molar-refractivity contribution < 1.29 is 17.9 Å². The third-order valence-corrected chi connectivity index (χ3v) is 3.94. The van der Waals surface area contributed by atoms with Crippen molar-refractivity contribution in [1.82, 2.24) is 0 Å². The molecule has 0 saturated heterocycles. The van der Waals surface area contributed by atoms with Gasteiger partial charge >= 0.3 is 6.18 Å². The van der Waals surface area contributed by atoms with Gasteiger partial charge in [-0.25, -0.2) is 0 Å². The molecular formula is C13H11BrF3NOS. The van der Waals surface area contributed by atoms with Crippen LogP contribution in [-0.2, 0) is 6.54 Å². The normalized spacial score (nSPS) is 11.4. The van der Waals surface area contributed by atoms with Crippen LogP contribution in [0.5, 0.6) is 5.75 Å². The lowest BCUT2D eigenvalue weighted by Gasteiger charge is -2.14. The lowest BCUT2D eigenvalue weighted by molar-refractivity contribution is -0.153. The molecule has 0 saturated carbocycles. The number of alkyl halides is 3. The molecule has 0 spiro atoms. The lowest BCUT2D eigenvalue weighted by atomic mass is 10.2. The fourth-order valence-corrected chi connectivity index (χ4v) is 2.74. The van der Waals surface area contributed by atoms with E-state index in [1.54, 1.807) is 29.5 Å². The van der Waals surface area contributed by atoms with E-state index in [1.807, 2.05) is 11.4 Å². The van der Waals surface area contributed by atoms with E-state index in [0.29, 0.717) is 12.2 Å². The van der Waals surface area contributed by atoms with Crippen LogP contribution in [0.1, 0.15) is 5.56 Å². The molecular weight excluding hydrogens is 355 g/mol. The molecule has 0 aliphatic rings. The number of ether oxygens (including phenoxy) is 1. The van der Waals surface area contributed by atoms with Crippen molar-refractivity contribution >= 4 is 33.0 Å². The second kappa shape index (κ2) is 6.49. The van der Waals surface area contributed by atoms with E-state index >= 15 is 0 Å². The molecule has 0 fully saturated rings. The smallest absolute Gasteiger partial charge is 0.422 e. The number of halogens is 4. The second-order valence-electron chi connectivity index (χ2n) is 4.01. The monoisotopic (exact) mass is 365 g/mol. The first-order chi connectivity index (χ1) is 9.44. The van der Waals surface area contributed by atoms with E-state index in [2.05, 4.69) is 21.2 Å². The third kappa shape index (κ3) is 4.72. The Hall–Kier alpha value is -1.21. The molecule has 0 radical (unpaired) electrons. The second-order valence-corrected chi connectivity index (χ2v) is 6.30. The van der Waals surface area contributed by atoms with Gasteiger partial charge in [0.2, 0.25) is 0 Å². The van der Waals surface area contributed by atoms with Crippen LogP contribution in [0.4, 0.5) is 18.9 Å². The maximum atomic E-state index is 12.2. The Bertz CT molecular complexity index is 571. The topological polar surface area (TPSA) is 21.3 Å². The molecule has 1 heterocycles. The standard InChI is InChI=1S/C13H11BrF3NOS/c14-12-5-9(7-20-12)6-18-10-3-1-2-4-11(10)19-8-13(15,16)17/h1-5,7,18H,6,8H2. The highest BCUT2D eigenvalue weighted by molar-refractivity contribution is 9.11. The Morgan fingerprint density at radius 1 is 1.25 bits per heavy atom. The summed E-state index contributed by atoms with van der Waals surface area (Å²) in [5.41, 5.74) is 1.59. The quantitative estimate of drug-likeness (QED) is 0.798. The molecule has 1 N–H and O–H groups in total. The average Bonchev–Trinajstić information content (AvgIpc) is 2.80. The Kier molecular flexibility index (Phi) is 4.93. The molecule has 0 aliphatic carbocycles. The third-order valence-electron chi connectivity index (χ3n) is 2.38. The highest BCUT2D eigenvalue weighted by atomic mass is 79.9. The van der Waals surface area contributed by atoms with Gasteiger partial charge < -0.3 is 10.1 Å². The van der Waals surface area contributed by atoms with Gasteiger partial charge in [0, 0.05) is 6.54 Å². The minimum atomic E-state index is -4.34. The first kappa shape index (κ1) is 15.2. The Labute approximate surface area is 126 Å². The fourth-order valence-electron chi connectivity index (χ4n) is 1.53. The summed E-state index contributed by atoms with van der Waals surface area (Å²) in [4.78, 5) is 0. The van der Waals surface area contributed by atoms with Gasteiger partial charge in [-0.15, -0.1) is 11.3 Å². The molecule has 0 bridgehead atoms. The minimum Gasteiger partial charge on any atom is -0.482 e. The van der Waals surface area contributed by atoms with Gasteiger partial charge in [-0.05, 0) is 45.1 Å². The number of hydrogen-bond acceptors (Lipinski definition) is 3. The molecule has 1 aromatic heterocycles. The van der Waals surface area contributed by atoms with E-state index < -0.39 is 12.8 Å². The number of hydrogen-bond donors (Lipinski definition) is 1. The largest absolute Gasteiger partial charge is 0.482 e. The van der Waals surface area contributed by atoms with Crippen molar-refractivity contribution in [3.8, 4) is 5.75 Å². The molecule has 2 rings (SSSR count). The van der Waals surface area contributed by atoms with Crippen LogP contribution in [0.15, 0.2) is 39.5 Å². The van der Waals surface area contributed by atoms with Crippen molar-refractivity contribution in [3.63, 3.8) is 0 Å². The SMILES string of the molecule is FC(F)(F)COc1ccccc1NCc1csc(Br)c1. The van der Waals surface area contributed by atoms with Crippen LogP contribution in [0.2, 0.25) is 0 Å². The summed E-state index contributed by atoms with van der Waals surface area (Å²) < 4.78 is 42.3. The molecule has 0 amide bonds. The van der Waals surface area contributed by atoms with E-state index in [9.17, 15) is 13.2 Å². The Balaban J connectivity index is 2.00. The summed E-state index contributed by atoms with van der Waals surface area (Å²) in [5.74, 6) is 0.194. The number of anilines is 1. The van der Waals surface area contributed by atoms with Gasteiger partial charge in [-0.1, -0.05) is 12.1 Å². The highest BCUT2D eigenvalue weighted by Gasteiger charge is 2.28. The van der Waals surface area contributed by atoms with Crippen LogP contribution in [0.25, 0.3) is 0 Å². The van der Waals surface area contributed by atoms with Gasteiger partial charge in [-0.2, -0.15) is 13.2 Å². The molecule has 1 aromatic carbocycles. The highest BCUT2D eigenvalue weighted by Crippen LogP contribution is 2.27. The Morgan fingerprint density at radius 2 is 2.00 bits per heavy atom. The summed E-state index contributed by atoms with van der Waals surface area (Å²) in [5, 5.41) is 5.04. The number of benzene rings is 1. The van der Waals surface area contributed by atoms with Crippen LogP contribution in [0, 0.1) is 0 Å². The van der Waals surface area contributed by atoms with Crippen molar-refractivity contribution in [2.45, 2.75) is 12.7 Å². The molecule has 108 valence electrons. The first-order valence-electron chi connectivity index (χ1n) is 5.69. The molecule has 0 unspecified atom stereocenters. The van der Waals surface area contributed by atoms with Crippen molar-refractivity contribution in [2.24, 2.45) is 0 Å². The van der Waals surface area contributed by atoms with Crippen LogP contribution in [0.3, 0.4) is 0 Å². The van der Waals surface area contributed by atoms with E-state index in [4.69, 9.17) is 4.74 Å². The zero-order valence-electron chi connectivity index (χ0n) is 10.2. The van der Waals surface area contributed by atoms with Crippen molar-refractivity contribution in [1.29, 1.82) is 0 Å². The van der Waals surface area contributed by atoms with Crippen LogP contribution in [-0.4, -0.2) is 12.8 Å². The maximum absolute atomic E-state index is 12.2. The molecule has 2 aromatic rings. The average molecular weight is 366 g/mol. The van der Waals surface area contributed by atoms with Gasteiger partial charge in [0.1, 0.15) is 5.75 Å². The van der Waals surface area contributed by atoms with Gasteiger partial charge in [-0.3, -0.25) is 0 Å². The van der Waals surface area contributed by atoms with E-state index in [-0.39, 0.29) is 5.75 Å². The van der Waals surface area contributed by atoms with Gasteiger partial charge in [0.05, 0.1) is 9.47 Å². The van der Waals surface area contributed by atoms with Crippen LogP contribution >= 0.6 is 27.3 Å². The van der Waals surface area contributed by atoms with Crippen LogP contribution < -0.4 is 10.1 Å². The number of nitrogens with one attached hydrogen (secondary N) is 1. The lowest BCUT2D eigenvalue weighted by Crippen LogP contribution is -2.19. The fraction of sp³-hybridized carbons (Fsp3) is 0.231. The minimum absolute atomic E-state index is 0.194. The number of rotatable bonds is 5. The molecule has 2 nitrogen and oxygen atoms in total. The zero-order valence-corrected chi connectivity index (χ0v) is 12.6. The predicted octanol–water partition coefficient (Wildman–Crippen LogP) is 5.06. The summed E-state index contributed by atoms with van der Waals surface area (Å²) >= 11 is 4.91. The van der Waals surface area contributed by atoms with Crippen molar-refractivity contribution in [3.05, 3.63) is 45.1 Å². The molecule has 7 heteroatoms. The van der Waals surface area contributed by atoms with Gasteiger partial charge in [0.25, 0.3) is 0 Å². The summed E-state index contributed by atoms with van der Waals surface area (Å²) in [6.45, 7) is -0.774. The number of para-hydroxylation sites is 2. The van der Waals surface area contributed by atoms with E-state index in [1.165, 1.54) is 6.07 Å². The summed E-state index contributed by atoms with van der Waals surface area (Å²) in [6, 6.07) is 8.53. The first-order valence-corrected chi connectivity index (χ1v) is 7.37. The van der Waals surface area contributed by atoms with Gasteiger partial charge in [0.15, 0.2) is 6.61 Å². The molecule has 0 aliphatic heterocycles. The van der Waals surface area contributed by atoms with Crippen molar-refractivity contribution in [2.75, 3.05) is 11.9 Å². The summed E-state index contributed by atoms with van der Waals surface area (Å²) in [7, 11) is 0. The molecule has 20 heavy (non-hydrogen) atoms.